The highest BCUT2D eigenvalue weighted by molar-refractivity contribution is 7.99. The predicted octanol–water partition coefficient (Wildman–Crippen LogP) is 4.19. The Morgan fingerprint density at radius 2 is 1.73 bits per heavy atom. The number of rotatable bonds is 8. The smallest absolute Gasteiger partial charge is 0.234 e. The molecule has 0 spiro atoms. The lowest BCUT2D eigenvalue weighted by Crippen LogP contribution is -2.15. The number of nitrogens with one attached hydrogen (secondary N) is 1. The number of ether oxygens (including phenoxy) is 1. The van der Waals surface area contributed by atoms with E-state index in [0.717, 1.165) is 17.0 Å². The van der Waals surface area contributed by atoms with Crippen molar-refractivity contribution in [2.24, 2.45) is 0 Å². The Morgan fingerprint density at radius 1 is 1.00 bits per heavy atom. The molecule has 0 fully saturated rings. The number of aromatic nitrogens is 4. The fraction of sp³-hybridized carbons (Fsp3) is 0.136. The van der Waals surface area contributed by atoms with Crippen LogP contribution >= 0.6 is 11.8 Å². The molecule has 0 aliphatic heterocycles. The third kappa shape index (κ3) is 4.55. The van der Waals surface area contributed by atoms with E-state index in [4.69, 9.17) is 4.74 Å². The molecule has 7 nitrogen and oxygen atoms in total. The van der Waals surface area contributed by atoms with Gasteiger partial charge in [0.1, 0.15) is 5.75 Å². The standard InChI is InChI=1S/C22H21N5O2S/c1-2-29-19-12-10-18(11-13-19)23-20(28)16-30-22-25-24-21(17-8-4-3-5-9-17)27(22)26-14-6-7-15-26/h3-15H,2,16H2,1H3,(H,23,28). The van der Waals surface area contributed by atoms with Crippen molar-refractivity contribution in [3.63, 3.8) is 0 Å². The van der Waals surface area contributed by atoms with Gasteiger partial charge in [0.05, 0.1) is 12.4 Å². The number of carbonyl (C=O) groups excluding carboxylic acids is 1. The van der Waals surface area contributed by atoms with Crippen molar-refractivity contribution in [1.82, 2.24) is 19.5 Å². The van der Waals surface area contributed by atoms with Gasteiger partial charge in [-0.05, 0) is 43.3 Å². The zero-order chi connectivity index (χ0) is 20.8. The summed E-state index contributed by atoms with van der Waals surface area (Å²) in [6.07, 6.45) is 3.83. The molecule has 152 valence electrons. The molecule has 0 bridgehead atoms. The Labute approximate surface area is 178 Å². The average Bonchev–Trinajstić information content (AvgIpc) is 3.44. The monoisotopic (exact) mass is 419 g/mol. The first-order chi connectivity index (χ1) is 14.7. The Kier molecular flexibility index (Phi) is 6.14. The topological polar surface area (TPSA) is 74.0 Å². The lowest BCUT2D eigenvalue weighted by molar-refractivity contribution is -0.113. The van der Waals surface area contributed by atoms with E-state index in [1.807, 2.05) is 95.4 Å². The summed E-state index contributed by atoms with van der Waals surface area (Å²) in [5.74, 6) is 1.58. The molecular formula is C22H21N5O2S. The van der Waals surface area contributed by atoms with Crippen molar-refractivity contribution in [2.75, 3.05) is 17.7 Å². The molecule has 0 radical (unpaired) electrons. The van der Waals surface area contributed by atoms with Crippen LogP contribution in [0.5, 0.6) is 5.75 Å². The van der Waals surface area contributed by atoms with Crippen molar-refractivity contribution < 1.29 is 9.53 Å². The van der Waals surface area contributed by atoms with Crippen molar-refractivity contribution in [1.29, 1.82) is 0 Å². The minimum atomic E-state index is -0.118. The highest BCUT2D eigenvalue weighted by Crippen LogP contribution is 2.24. The van der Waals surface area contributed by atoms with E-state index in [1.165, 1.54) is 11.8 Å². The highest BCUT2D eigenvalue weighted by atomic mass is 32.2. The maximum absolute atomic E-state index is 12.4. The second-order valence-electron chi connectivity index (χ2n) is 6.34. The lowest BCUT2D eigenvalue weighted by Gasteiger charge is -2.11. The van der Waals surface area contributed by atoms with E-state index in [1.54, 1.807) is 0 Å². The van der Waals surface area contributed by atoms with Crippen molar-refractivity contribution in [2.45, 2.75) is 12.1 Å². The van der Waals surface area contributed by atoms with E-state index in [-0.39, 0.29) is 11.7 Å². The molecule has 2 heterocycles. The zero-order valence-corrected chi connectivity index (χ0v) is 17.2. The van der Waals surface area contributed by atoms with E-state index < -0.39 is 0 Å². The van der Waals surface area contributed by atoms with Gasteiger partial charge in [-0.15, -0.1) is 10.2 Å². The number of nitrogens with zero attached hydrogens (tertiary/aromatic N) is 4. The van der Waals surface area contributed by atoms with Crippen LogP contribution < -0.4 is 10.1 Å². The van der Waals surface area contributed by atoms with Crippen molar-refractivity contribution in [3.05, 3.63) is 79.1 Å². The molecule has 0 aliphatic rings. The van der Waals surface area contributed by atoms with Gasteiger partial charge in [0.2, 0.25) is 11.1 Å². The third-order valence-corrected chi connectivity index (χ3v) is 5.16. The van der Waals surface area contributed by atoms with Crippen LogP contribution in [0.1, 0.15) is 6.92 Å². The lowest BCUT2D eigenvalue weighted by atomic mass is 10.2. The molecular weight excluding hydrogens is 398 g/mol. The quantitative estimate of drug-likeness (QED) is 0.434. The summed E-state index contributed by atoms with van der Waals surface area (Å²) in [5, 5.41) is 12.2. The molecule has 30 heavy (non-hydrogen) atoms. The number of benzene rings is 2. The number of hydrogen-bond acceptors (Lipinski definition) is 5. The van der Waals surface area contributed by atoms with Crippen LogP contribution in [0.3, 0.4) is 0 Å². The van der Waals surface area contributed by atoms with Crippen molar-refractivity contribution in [3.8, 4) is 17.1 Å². The van der Waals surface area contributed by atoms with Gasteiger partial charge in [0.15, 0.2) is 5.82 Å². The average molecular weight is 420 g/mol. The number of hydrogen-bond donors (Lipinski definition) is 1. The number of thioether (sulfide) groups is 1. The Morgan fingerprint density at radius 3 is 2.43 bits per heavy atom. The molecule has 1 N–H and O–H groups in total. The fourth-order valence-electron chi connectivity index (χ4n) is 2.92. The summed E-state index contributed by atoms with van der Waals surface area (Å²) in [6, 6.07) is 21.0. The van der Waals surface area contributed by atoms with Gasteiger partial charge in [-0.25, -0.2) is 4.68 Å². The summed E-state index contributed by atoms with van der Waals surface area (Å²) in [4.78, 5) is 12.4. The van der Waals surface area contributed by atoms with Crippen molar-refractivity contribution >= 4 is 23.4 Å². The normalized spacial score (nSPS) is 10.7. The summed E-state index contributed by atoms with van der Waals surface area (Å²) < 4.78 is 9.21. The van der Waals surface area contributed by atoms with Gasteiger partial charge >= 0.3 is 0 Å². The highest BCUT2D eigenvalue weighted by Gasteiger charge is 2.17. The van der Waals surface area contributed by atoms with Crippen LogP contribution in [-0.4, -0.2) is 37.8 Å². The molecule has 1 amide bonds. The van der Waals surface area contributed by atoms with Crippen LogP contribution in [-0.2, 0) is 4.79 Å². The SMILES string of the molecule is CCOc1ccc(NC(=O)CSc2nnc(-c3ccccc3)n2-n2cccc2)cc1. The first-order valence-corrected chi connectivity index (χ1v) is 10.5. The van der Waals surface area contributed by atoms with Crippen LogP contribution in [0, 0.1) is 0 Å². The minimum Gasteiger partial charge on any atom is -0.494 e. The molecule has 0 atom stereocenters. The molecule has 0 saturated heterocycles. The van der Waals surface area contributed by atoms with Gasteiger partial charge in [-0.1, -0.05) is 42.1 Å². The summed E-state index contributed by atoms with van der Waals surface area (Å²) in [6.45, 7) is 2.54. The first-order valence-electron chi connectivity index (χ1n) is 9.54. The Bertz CT molecular complexity index is 1090. The maximum Gasteiger partial charge on any atom is 0.234 e. The summed E-state index contributed by atoms with van der Waals surface area (Å²) in [5.41, 5.74) is 1.67. The van der Waals surface area contributed by atoms with Crippen LogP contribution in [0.25, 0.3) is 11.4 Å². The van der Waals surface area contributed by atoms with Crippen LogP contribution in [0.15, 0.2) is 84.3 Å². The molecule has 2 aromatic heterocycles. The minimum absolute atomic E-state index is 0.118. The first kappa shape index (κ1) is 19.8. The van der Waals surface area contributed by atoms with Gasteiger partial charge in [0, 0.05) is 23.6 Å². The summed E-state index contributed by atoms with van der Waals surface area (Å²) >= 11 is 1.33. The van der Waals surface area contributed by atoms with Gasteiger partial charge in [0.25, 0.3) is 0 Å². The van der Waals surface area contributed by atoms with Crippen LogP contribution in [0.2, 0.25) is 0 Å². The van der Waals surface area contributed by atoms with E-state index in [0.29, 0.717) is 17.6 Å². The third-order valence-electron chi connectivity index (χ3n) is 4.25. The molecule has 8 heteroatoms. The molecule has 4 aromatic rings. The Balaban J connectivity index is 1.48. The van der Waals surface area contributed by atoms with Gasteiger partial charge < -0.3 is 10.1 Å². The fourth-order valence-corrected chi connectivity index (χ4v) is 3.65. The van der Waals surface area contributed by atoms with Gasteiger partial charge in [-0.2, -0.15) is 0 Å². The number of anilines is 1. The van der Waals surface area contributed by atoms with E-state index >= 15 is 0 Å². The second-order valence-corrected chi connectivity index (χ2v) is 7.28. The molecule has 0 unspecified atom stereocenters. The molecule has 2 aromatic carbocycles. The Hall–Kier alpha value is -3.52. The zero-order valence-electron chi connectivity index (χ0n) is 16.4. The molecule has 0 aliphatic carbocycles. The number of carbonyl (C=O) groups is 1. The predicted molar refractivity (Wildman–Crippen MR) is 118 cm³/mol. The number of amides is 1. The summed E-state index contributed by atoms with van der Waals surface area (Å²) in [7, 11) is 0. The molecule has 0 saturated carbocycles. The maximum atomic E-state index is 12.4. The van der Waals surface area contributed by atoms with E-state index in [2.05, 4.69) is 15.5 Å². The largest absolute Gasteiger partial charge is 0.494 e. The van der Waals surface area contributed by atoms with Gasteiger partial charge in [-0.3, -0.25) is 9.47 Å². The molecule has 4 rings (SSSR count). The second kappa shape index (κ2) is 9.32. The van der Waals surface area contributed by atoms with Crippen LogP contribution in [0.4, 0.5) is 5.69 Å². The van der Waals surface area contributed by atoms with E-state index in [9.17, 15) is 4.79 Å².